The van der Waals surface area contributed by atoms with Gasteiger partial charge in [-0.15, -0.1) is 0 Å². The van der Waals surface area contributed by atoms with E-state index in [1.54, 1.807) is 19.2 Å². The van der Waals surface area contributed by atoms with E-state index in [1.807, 2.05) is 6.07 Å². The summed E-state index contributed by atoms with van der Waals surface area (Å²) < 4.78 is 32.6. The molecule has 2 N–H and O–H groups in total. The maximum Gasteiger partial charge on any atom is 0.270 e. The topological polar surface area (TPSA) is 94.3 Å². The molecule has 2 aromatic carbocycles. The SMILES string of the molecule is COc1ccc2c(c1)CCCN2S(=O)(=O)c1ccccc1[NH+]([O-])O. The Bertz CT molecular complexity index is 851. The Morgan fingerprint density at radius 1 is 1.25 bits per heavy atom. The minimum absolute atomic E-state index is 0.193. The summed E-state index contributed by atoms with van der Waals surface area (Å²) in [6, 6.07) is 10.9. The molecule has 0 aliphatic carbocycles. The number of methoxy groups -OCH3 is 1. The van der Waals surface area contributed by atoms with Gasteiger partial charge in [-0.3, -0.25) is 4.31 Å². The summed E-state index contributed by atoms with van der Waals surface area (Å²) in [4.78, 5) is -0.193. The first-order valence-corrected chi connectivity index (χ1v) is 8.91. The van der Waals surface area contributed by atoms with Crippen LogP contribution < -0.4 is 14.3 Å². The monoisotopic (exact) mass is 350 g/mol. The second kappa shape index (κ2) is 6.40. The Labute approximate surface area is 140 Å². The van der Waals surface area contributed by atoms with Gasteiger partial charge in [0.2, 0.25) is 0 Å². The number of ether oxygens (including phenoxy) is 1. The number of para-hydroxylation sites is 1. The summed E-state index contributed by atoms with van der Waals surface area (Å²) in [7, 11) is -2.40. The predicted molar refractivity (Wildman–Crippen MR) is 88.1 cm³/mol. The van der Waals surface area contributed by atoms with Gasteiger partial charge < -0.3 is 9.94 Å². The van der Waals surface area contributed by atoms with Crippen LogP contribution in [0.2, 0.25) is 0 Å². The lowest BCUT2D eigenvalue weighted by Gasteiger charge is -2.31. The molecule has 0 bridgehead atoms. The fourth-order valence-electron chi connectivity index (χ4n) is 2.90. The highest BCUT2D eigenvalue weighted by atomic mass is 32.2. The third-order valence-corrected chi connectivity index (χ3v) is 5.92. The van der Waals surface area contributed by atoms with Crippen LogP contribution in [0.1, 0.15) is 12.0 Å². The first-order valence-electron chi connectivity index (χ1n) is 7.47. The van der Waals surface area contributed by atoms with Crippen molar-refractivity contribution in [3.8, 4) is 5.75 Å². The Kier molecular flexibility index (Phi) is 4.46. The second-order valence-corrected chi connectivity index (χ2v) is 7.31. The van der Waals surface area contributed by atoms with Gasteiger partial charge in [0, 0.05) is 12.6 Å². The highest BCUT2D eigenvalue weighted by Crippen LogP contribution is 2.35. The maximum atomic E-state index is 13.1. The van der Waals surface area contributed by atoms with E-state index in [9.17, 15) is 18.8 Å². The molecule has 0 amide bonds. The average molecular weight is 350 g/mol. The van der Waals surface area contributed by atoms with E-state index in [0.717, 1.165) is 12.0 Å². The highest BCUT2D eigenvalue weighted by molar-refractivity contribution is 7.93. The lowest BCUT2D eigenvalue weighted by Crippen LogP contribution is -2.99. The van der Waals surface area contributed by atoms with Crippen LogP contribution in [-0.4, -0.2) is 27.3 Å². The highest BCUT2D eigenvalue weighted by Gasteiger charge is 2.32. The smallest absolute Gasteiger partial charge is 0.270 e. The van der Waals surface area contributed by atoms with Crippen LogP contribution in [-0.2, 0) is 16.4 Å². The summed E-state index contributed by atoms with van der Waals surface area (Å²) >= 11 is 0. The molecule has 0 saturated heterocycles. The van der Waals surface area contributed by atoms with Crippen LogP contribution in [0.15, 0.2) is 47.4 Å². The fourth-order valence-corrected chi connectivity index (χ4v) is 4.63. The molecule has 3 rings (SSSR count). The van der Waals surface area contributed by atoms with E-state index in [0.29, 0.717) is 24.4 Å². The van der Waals surface area contributed by atoms with Gasteiger partial charge >= 0.3 is 0 Å². The average Bonchev–Trinajstić information content (AvgIpc) is 2.60. The molecule has 0 saturated carbocycles. The summed E-state index contributed by atoms with van der Waals surface area (Å²) in [5.74, 6) is 0.666. The Morgan fingerprint density at radius 3 is 2.71 bits per heavy atom. The molecule has 0 radical (unpaired) electrons. The van der Waals surface area contributed by atoms with Crippen molar-refractivity contribution in [2.75, 3.05) is 18.0 Å². The van der Waals surface area contributed by atoms with Crippen LogP contribution in [0.25, 0.3) is 0 Å². The molecule has 128 valence electrons. The third kappa shape index (κ3) is 2.84. The molecule has 0 aromatic heterocycles. The Morgan fingerprint density at radius 2 is 2.00 bits per heavy atom. The number of anilines is 1. The fraction of sp³-hybridized carbons (Fsp3) is 0.250. The zero-order chi connectivity index (χ0) is 17.3. The summed E-state index contributed by atoms with van der Waals surface area (Å²) in [6.45, 7) is 0.315. The summed E-state index contributed by atoms with van der Waals surface area (Å²) in [5, 5.41) is 19.4. The number of fused-ring (bicyclic) bond motifs is 1. The minimum Gasteiger partial charge on any atom is -0.595 e. The minimum atomic E-state index is -3.96. The molecular weight excluding hydrogens is 332 g/mol. The molecule has 1 atom stereocenters. The van der Waals surface area contributed by atoms with Crippen LogP contribution in [0, 0.1) is 5.21 Å². The van der Waals surface area contributed by atoms with Gasteiger partial charge in [-0.2, -0.15) is 5.23 Å². The van der Waals surface area contributed by atoms with Crippen molar-refractivity contribution in [3.05, 3.63) is 53.2 Å². The van der Waals surface area contributed by atoms with Gasteiger partial charge in [0.25, 0.3) is 10.0 Å². The third-order valence-electron chi connectivity index (χ3n) is 4.05. The first kappa shape index (κ1) is 16.7. The van der Waals surface area contributed by atoms with Crippen molar-refractivity contribution in [3.63, 3.8) is 0 Å². The predicted octanol–water partition coefficient (Wildman–Crippen LogP) is 1.24. The van der Waals surface area contributed by atoms with E-state index in [4.69, 9.17) is 4.74 Å². The standard InChI is InChI=1S/C16H18N2O5S/c1-23-13-8-9-14-12(11-13)5-4-10-17(14)24(21,22)16-7-3-2-6-15(16)18(19)20/h2-3,6-9,11,18-19H,4-5,10H2,1H3. The number of aryl methyl sites for hydroxylation is 1. The van der Waals surface area contributed by atoms with Gasteiger partial charge in [-0.05, 0) is 42.7 Å². The van der Waals surface area contributed by atoms with Gasteiger partial charge in [0.1, 0.15) is 5.75 Å². The van der Waals surface area contributed by atoms with Gasteiger partial charge in [-0.25, -0.2) is 13.6 Å². The van der Waals surface area contributed by atoms with E-state index in [2.05, 4.69) is 0 Å². The van der Waals surface area contributed by atoms with Crippen LogP contribution >= 0.6 is 0 Å². The van der Waals surface area contributed by atoms with Crippen molar-refractivity contribution in [1.29, 1.82) is 0 Å². The van der Waals surface area contributed by atoms with Crippen LogP contribution in [0.3, 0.4) is 0 Å². The Hall–Kier alpha value is -2.13. The van der Waals surface area contributed by atoms with Crippen molar-refractivity contribution < 1.29 is 23.6 Å². The van der Waals surface area contributed by atoms with E-state index in [1.165, 1.54) is 28.6 Å². The van der Waals surface area contributed by atoms with Crippen molar-refractivity contribution in [2.45, 2.75) is 17.7 Å². The van der Waals surface area contributed by atoms with E-state index in [-0.39, 0.29) is 10.6 Å². The molecule has 7 nitrogen and oxygen atoms in total. The molecule has 1 aliphatic rings. The quantitative estimate of drug-likeness (QED) is 0.809. The number of benzene rings is 2. The normalized spacial score (nSPS) is 15.7. The van der Waals surface area contributed by atoms with E-state index < -0.39 is 15.2 Å². The summed E-state index contributed by atoms with van der Waals surface area (Å²) in [5.41, 5.74) is 1.22. The molecule has 1 unspecified atom stereocenters. The molecule has 1 heterocycles. The first-order chi connectivity index (χ1) is 11.4. The lowest BCUT2D eigenvalue weighted by molar-refractivity contribution is -0.992. The number of rotatable bonds is 4. The van der Waals surface area contributed by atoms with Crippen LogP contribution in [0.4, 0.5) is 11.4 Å². The largest absolute Gasteiger partial charge is 0.595 e. The molecule has 0 fully saturated rings. The van der Waals surface area contributed by atoms with Gasteiger partial charge in [0.05, 0.1) is 12.8 Å². The maximum absolute atomic E-state index is 13.1. The van der Waals surface area contributed by atoms with Crippen molar-refractivity contribution >= 4 is 21.4 Å². The van der Waals surface area contributed by atoms with Gasteiger partial charge in [-0.1, -0.05) is 12.1 Å². The molecule has 0 spiro atoms. The number of nitrogens with zero attached hydrogens (tertiary/aromatic N) is 1. The molecule has 24 heavy (non-hydrogen) atoms. The lowest BCUT2D eigenvalue weighted by atomic mass is 10.0. The van der Waals surface area contributed by atoms with Gasteiger partial charge in [0.15, 0.2) is 10.6 Å². The number of quaternary nitrogens is 1. The second-order valence-electron chi connectivity index (χ2n) is 5.48. The zero-order valence-corrected chi connectivity index (χ0v) is 13.9. The molecule has 2 aromatic rings. The van der Waals surface area contributed by atoms with Crippen molar-refractivity contribution in [1.82, 2.24) is 0 Å². The number of hydrogen-bond acceptors (Lipinski definition) is 5. The number of hydrogen-bond donors (Lipinski definition) is 2. The number of sulfonamides is 1. The zero-order valence-electron chi connectivity index (χ0n) is 13.1. The Balaban J connectivity index is 2.10. The number of nitrogens with one attached hydrogen (secondary N) is 1. The summed E-state index contributed by atoms with van der Waals surface area (Å²) in [6.07, 6.45) is 1.41. The van der Waals surface area contributed by atoms with E-state index >= 15 is 0 Å². The molecule has 8 heteroatoms. The van der Waals surface area contributed by atoms with Crippen molar-refractivity contribution in [2.24, 2.45) is 0 Å². The molecular formula is C16H18N2O5S. The van der Waals surface area contributed by atoms with Crippen LogP contribution in [0.5, 0.6) is 5.75 Å². The molecule has 1 aliphatic heterocycles.